The Morgan fingerprint density at radius 2 is 1.52 bits per heavy atom. The van der Waals surface area contributed by atoms with E-state index in [9.17, 15) is 4.79 Å². The largest absolute Gasteiger partial charge is 0.328 e. The molecule has 0 aliphatic heterocycles. The van der Waals surface area contributed by atoms with Gasteiger partial charge in [-0.2, -0.15) is 0 Å². The molecule has 0 saturated heterocycles. The number of carbonyl (C=O) groups excluding carboxylic acids is 1. The van der Waals surface area contributed by atoms with Gasteiger partial charge in [-0.1, -0.05) is 24.3 Å². The van der Waals surface area contributed by atoms with E-state index in [-0.39, 0.29) is 5.91 Å². The summed E-state index contributed by atoms with van der Waals surface area (Å²) in [6, 6.07) is 14.2. The molecule has 23 heavy (non-hydrogen) atoms. The topological polar surface area (TPSA) is 20.3 Å². The summed E-state index contributed by atoms with van der Waals surface area (Å²) >= 11 is 3.39. The summed E-state index contributed by atoms with van der Waals surface area (Å²) in [7, 11) is 0. The molecule has 0 N–H and O–H groups in total. The van der Waals surface area contributed by atoms with Gasteiger partial charge in [-0.05, 0) is 53.9 Å². The summed E-state index contributed by atoms with van der Waals surface area (Å²) in [6.07, 6.45) is 0. The van der Waals surface area contributed by atoms with Gasteiger partial charge in [-0.15, -0.1) is 22.7 Å². The van der Waals surface area contributed by atoms with Crippen LogP contribution in [0.5, 0.6) is 0 Å². The van der Waals surface area contributed by atoms with E-state index in [0.717, 1.165) is 16.7 Å². The van der Waals surface area contributed by atoms with Crippen molar-refractivity contribution in [3.63, 3.8) is 0 Å². The van der Waals surface area contributed by atoms with E-state index in [0.29, 0.717) is 13.1 Å². The highest BCUT2D eigenvalue weighted by Gasteiger charge is 2.19. The molecule has 0 saturated carbocycles. The summed E-state index contributed by atoms with van der Waals surface area (Å²) in [4.78, 5) is 17.5. The number of carbonyl (C=O) groups is 1. The van der Waals surface area contributed by atoms with Crippen molar-refractivity contribution in [1.29, 1.82) is 0 Å². The SMILES string of the molecule is Cc1cccc(C(=O)N(Cc2cccs2)Cc2cccs2)c1C. The number of rotatable bonds is 5. The molecule has 0 atom stereocenters. The first-order valence-electron chi connectivity index (χ1n) is 7.55. The van der Waals surface area contributed by atoms with E-state index in [2.05, 4.69) is 35.9 Å². The highest BCUT2D eigenvalue weighted by atomic mass is 32.1. The van der Waals surface area contributed by atoms with Crippen LogP contribution in [0.15, 0.2) is 53.2 Å². The third kappa shape index (κ3) is 3.71. The summed E-state index contributed by atoms with van der Waals surface area (Å²) in [5.74, 6) is 0.105. The van der Waals surface area contributed by atoms with E-state index in [1.807, 2.05) is 36.1 Å². The maximum Gasteiger partial charge on any atom is 0.254 e. The van der Waals surface area contributed by atoms with Gasteiger partial charge in [-0.25, -0.2) is 0 Å². The second kappa shape index (κ2) is 7.11. The van der Waals surface area contributed by atoms with Gasteiger partial charge in [0.1, 0.15) is 0 Å². The molecule has 118 valence electrons. The van der Waals surface area contributed by atoms with Crippen LogP contribution in [0, 0.1) is 13.8 Å². The van der Waals surface area contributed by atoms with Crippen molar-refractivity contribution in [3.8, 4) is 0 Å². The molecular formula is C19H19NOS2. The van der Waals surface area contributed by atoms with Gasteiger partial charge in [-0.3, -0.25) is 4.79 Å². The van der Waals surface area contributed by atoms with Crippen molar-refractivity contribution in [2.45, 2.75) is 26.9 Å². The Morgan fingerprint density at radius 3 is 2.04 bits per heavy atom. The van der Waals surface area contributed by atoms with E-state index < -0.39 is 0 Å². The van der Waals surface area contributed by atoms with Crippen molar-refractivity contribution in [1.82, 2.24) is 4.90 Å². The average Bonchev–Trinajstić information content (AvgIpc) is 3.22. The molecule has 2 heterocycles. The lowest BCUT2D eigenvalue weighted by molar-refractivity contribution is 0.0732. The number of hydrogen-bond donors (Lipinski definition) is 0. The fraction of sp³-hybridized carbons (Fsp3) is 0.211. The zero-order chi connectivity index (χ0) is 16.2. The van der Waals surface area contributed by atoms with Gasteiger partial charge in [0.15, 0.2) is 0 Å². The lowest BCUT2D eigenvalue weighted by Crippen LogP contribution is -2.30. The Kier molecular flexibility index (Phi) is 4.94. The molecule has 4 heteroatoms. The van der Waals surface area contributed by atoms with E-state index in [1.165, 1.54) is 9.75 Å². The summed E-state index contributed by atoms with van der Waals surface area (Å²) in [5, 5.41) is 4.11. The van der Waals surface area contributed by atoms with Crippen LogP contribution in [-0.4, -0.2) is 10.8 Å². The third-order valence-corrected chi connectivity index (χ3v) is 5.70. The summed E-state index contributed by atoms with van der Waals surface area (Å²) in [6.45, 7) is 5.38. The molecule has 0 bridgehead atoms. The Bertz CT molecular complexity index is 740. The molecule has 1 amide bonds. The average molecular weight is 342 g/mol. The molecule has 2 nitrogen and oxygen atoms in total. The zero-order valence-corrected chi connectivity index (χ0v) is 14.9. The Morgan fingerprint density at radius 1 is 0.913 bits per heavy atom. The first-order chi connectivity index (χ1) is 11.1. The van der Waals surface area contributed by atoms with Gasteiger partial charge < -0.3 is 4.90 Å². The minimum absolute atomic E-state index is 0.105. The van der Waals surface area contributed by atoms with Crippen LogP contribution in [0.25, 0.3) is 0 Å². The molecule has 3 rings (SSSR count). The molecule has 0 radical (unpaired) electrons. The van der Waals surface area contributed by atoms with Gasteiger partial charge in [0, 0.05) is 15.3 Å². The highest BCUT2D eigenvalue weighted by Crippen LogP contribution is 2.21. The van der Waals surface area contributed by atoms with E-state index >= 15 is 0 Å². The van der Waals surface area contributed by atoms with Crippen LogP contribution in [0.4, 0.5) is 0 Å². The molecule has 0 spiro atoms. The van der Waals surface area contributed by atoms with Gasteiger partial charge >= 0.3 is 0 Å². The van der Waals surface area contributed by atoms with E-state index in [1.54, 1.807) is 22.7 Å². The molecular weight excluding hydrogens is 322 g/mol. The smallest absolute Gasteiger partial charge is 0.254 e. The molecule has 2 aromatic heterocycles. The number of amides is 1. The zero-order valence-electron chi connectivity index (χ0n) is 13.3. The molecule has 0 aliphatic carbocycles. The van der Waals surface area contributed by atoms with Crippen LogP contribution in [0.3, 0.4) is 0 Å². The third-order valence-electron chi connectivity index (χ3n) is 3.98. The van der Waals surface area contributed by atoms with Crippen molar-refractivity contribution in [2.75, 3.05) is 0 Å². The van der Waals surface area contributed by atoms with Crippen LogP contribution in [0.1, 0.15) is 31.2 Å². The quantitative estimate of drug-likeness (QED) is 0.619. The Hall–Kier alpha value is -1.91. The van der Waals surface area contributed by atoms with Gasteiger partial charge in [0.2, 0.25) is 0 Å². The summed E-state index contributed by atoms with van der Waals surface area (Å²) in [5.41, 5.74) is 3.03. The van der Waals surface area contributed by atoms with Crippen molar-refractivity contribution >= 4 is 28.6 Å². The molecule has 0 fully saturated rings. The maximum absolute atomic E-state index is 13.1. The van der Waals surface area contributed by atoms with Crippen molar-refractivity contribution < 1.29 is 4.79 Å². The van der Waals surface area contributed by atoms with Crippen LogP contribution < -0.4 is 0 Å². The maximum atomic E-state index is 13.1. The number of nitrogens with zero attached hydrogens (tertiary/aromatic N) is 1. The van der Waals surface area contributed by atoms with Gasteiger partial charge in [0.25, 0.3) is 5.91 Å². The highest BCUT2D eigenvalue weighted by molar-refractivity contribution is 7.10. The molecule has 0 unspecified atom stereocenters. The molecule has 3 aromatic rings. The van der Waals surface area contributed by atoms with Crippen molar-refractivity contribution in [3.05, 3.63) is 79.7 Å². The fourth-order valence-electron chi connectivity index (χ4n) is 2.53. The minimum atomic E-state index is 0.105. The van der Waals surface area contributed by atoms with Crippen LogP contribution in [0.2, 0.25) is 0 Å². The number of hydrogen-bond acceptors (Lipinski definition) is 3. The lowest BCUT2D eigenvalue weighted by atomic mass is 10.0. The van der Waals surface area contributed by atoms with E-state index in [4.69, 9.17) is 0 Å². The predicted octanol–water partition coefficient (Wildman–Crippen LogP) is 5.27. The minimum Gasteiger partial charge on any atom is -0.328 e. The predicted molar refractivity (Wildman–Crippen MR) is 98.1 cm³/mol. The standard InChI is InChI=1S/C19H19NOS2/c1-14-6-3-9-18(15(14)2)19(21)20(12-16-7-4-10-22-16)13-17-8-5-11-23-17/h3-11H,12-13H2,1-2H3. The second-order valence-corrected chi connectivity index (χ2v) is 7.63. The normalized spacial score (nSPS) is 10.7. The fourth-order valence-corrected chi connectivity index (χ4v) is 3.97. The Labute approximate surface area is 145 Å². The first kappa shape index (κ1) is 16.0. The monoisotopic (exact) mass is 341 g/mol. The number of thiophene rings is 2. The van der Waals surface area contributed by atoms with Crippen LogP contribution in [-0.2, 0) is 13.1 Å². The number of aryl methyl sites for hydroxylation is 1. The second-order valence-electron chi connectivity index (χ2n) is 5.57. The lowest BCUT2D eigenvalue weighted by Gasteiger charge is -2.23. The van der Waals surface area contributed by atoms with Crippen LogP contribution >= 0.6 is 22.7 Å². The molecule has 1 aromatic carbocycles. The number of benzene rings is 1. The molecule has 0 aliphatic rings. The van der Waals surface area contributed by atoms with Gasteiger partial charge in [0.05, 0.1) is 13.1 Å². The first-order valence-corrected chi connectivity index (χ1v) is 9.31. The Balaban J connectivity index is 1.90. The van der Waals surface area contributed by atoms with Crippen molar-refractivity contribution in [2.24, 2.45) is 0 Å². The summed E-state index contributed by atoms with van der Waals surface area (Å²) < 4.78 is 0.